The van der Waals surface area contributed by atoms with Crippen molar-refractivity contribution in [3.63, 3.8) is 0 Å². The Morgan fingerprint density at radius 3 is 2.79 bits per heavy atom. The molecule has 0 atom stereocenters. The third-order valence-electron chi connectivity index (χ3n) is 2.88. The number of halogens is 1. The summed E-state index contributed by atoms with van der Waals surface area (Å²) in [5, 5.41) is 0.103. The van der Waals surface area contributed by atoms with Gasteiger partial charge in [0.2, 0.25) is 5.28 Å². The second-order valence-corrected chi connectivity index (χ2v) is 4.44. The number of amides is 1. The highest BCUT2D eigenvalue weighted by atomic mass is 35.5. The number of primary amides is 1. The number of morpholine rings is 1. The molecule has 0 aliphatic carbocycles. The predicted molar refractivity (Wildman–Crippen MR) is 68.4 cm³/mol. The number of furan rings is 1. The van der Waals surface area contributed by atoms with Crippen molar-refractivity contribution in [2.45, 2.75) is 0 Å². The van der Waals surface area contributed by atoms with E-state index in [1.165, 1.54) is 6.07 Å². The number of fused-ring (bicyclic) bond motifs is 1. The Labute approximate surface area is 113 Å². The van der Waals surface area contributed by atoms with Crippen LogP contribution in [0.2, 0.25) is 5.28 Å². The highest BCUT2D eigenvalue weighted by Crippen LogP contribution is 2.28. The molecule has 0 radical (unpaired) electrons. The van der Waals surface area contributed by atoms with Gasteiger partial charge in [-0.3, -0.25) is 4.79 Å². The zero-order valence-electron chi connectivity index (χ0n) is 9.93. The molecule has 100 valence electrons. The molecule has 2 N–H and O–H groups in total. The number of anilines is 1. The van der Waals surface area contributed by atoms with Gasteiger partial charge in [0.25, 0.3) is 5.91 Å². The van der Waals surface area contributed by atoms with Crippen LogP contribution < -0.4 is 10.6 Å². The Kier molecular flexibility index (Phi) is 3.00. The van der Waals surface area contributed by atoms with Crippen LogP contribution in [0.5, 0.6) is 0 Å². The fraction of sp³-hybridized carbons (Fsp3) is 0.364. The Morgan fingerprint density at radius 1 is 1.37 bits per heavy atom. The van der Waals surface area contributed by atoms with Gasteiger partial charge >= 0.3 is 0 Å². The van der Waals surface area contributed by atoms with Crippen molar-refractivity contribution in [2.75, 3.05) is 31.2 Å². The molecule has 8 heteroatoms. The zero-order valence-corrected chi connectivity index (χ0v) is 10.7. The largest absolute Gasteiger partial charge is 0.445 e. The van der Waals surface area contributed by atoms with Gasteiger partial charge in [-0.1, -0.05) is 0 Å². The minimum atomic E-state index is -0.651. The summed E-state index contributed by atoms with van der Waals surface area (Å²) >= 11 is 5.89. The van der Waals surface area contributed by atoms with E-state index in [1.54, 1.807) is 0 Å². The summed E-state index contributed by atoms with van der Waals surface area (Å²) < 4.78 is 10.7. The molecular formula is C11H11ClN4O3. The number of rotatable bonds is 2. The van der Waals surface area contributed by atoms with E-state index >= 15 is 0 Å². The van der Waals surface area contributed by atoms with E-state index in [2.05, 4.69) is 9.97 Å². The van der Waals surface area contributed by atoms with Crippen LogP contribution in [0.15, 0.2) is 10.5 Å². The Balaban J connectivity index is 2.13. The minimum absolute atomic E-state index is 0.0427. The van der Waals surface area contributed by atoms with E-state index in [-0.39, 0.29) is 11.0 Å². The summed E-state index contributed by atoms with van der Waals surface area (Å²) in [5.74, 6) is -0.0473. The van der Waals surface area contributed by atoms with Crippen molar-refractivity contribution in [3.05, 3.63) is 17.1 Å². The van der Waals surface area contributed by atoms with Gasteiger partial charge in [0.05, 0.1) is 13.2 Å². The molecule has 0 bridgehead atoms. The number of carbonyl (C=O) groups is 1. The standard InChI is InChI=1S/C11H11ClN4O3/c12-11-14-6-5-7(9(13)17)19-8(6)10(15-11)16-1-3-18-4-2-16/h5H,1-4H2,(H2,13,17). The quantitative estimate of drug-likeness (QED) is 0.819. The number of hydrogen-bond donors (Lipinski definition) is 1. The molecule has 1 aliphatic rings. The van der Waals surface area contributed by atoms with Crippen LogP contribution in [0.3, 0.4) is 0 Å². The molecule has 3 heterocycles. The van der Waals surface area contributed by atoms with E-state index in [0.29, 0.717) is 43.2 Å². The van der Waals surface area contributed by atoms with Gasteiger partial charge in [0.1, 0.15) is 5.52 Å². The van der Waals surface area contributed by atoms with E-state index in [9.17, 15) is 4.79 Å². The number of ether oxygens (including phenoxy) is 1. The molecule has 1 saturated heterocycles. The van der Waals surface area contributed by atoms with Gasteiger partial charge in [0.15, 0.2) is 17.2 Å². The highest BCUT2D eigenvalue weighted by Gasteiger charge is 2.21. The first-order valence-electron chi connectivity index (χ1n) is 5.75. The second-order valence-electron chi connectivity index (χ2n) is 4.10. The number of hydrogen-bond acceptors (Lipinski definition) is 6. The maximum Gasteiger partial charge on any atom is 0.284 e. The maximum atomic E-state index is 11.2. The normalized spacial score (nSPS) is 15.9. The number of nitrogens with two attached hydrogens (primary N) is 1. The third kappa shape index (κ3) is 2.22. The number of nitrogens with zero attached hydrogens (tertiary/aromatic N) is 3. The molecule has 7 nitrogen and oxygen atoms in total. The highest BCUT2D eigenvalue weighted by molar-refractivity contribution is 6.28. The minimum Gasteiger partial charge on any atom is -0.445 e. The molecule has 0 spiro atoms. The summed E-state index contributed by atoms with van der Waals surface area (Å²) in [6.45, 7) is 2.56. The van der Waals surface area contributed by atoms with Gasteiger partial charge in [0, 0.05) is 19.2 Å². The fourth-order valence-corrected chi connectivity index (χ4v) is 2.17. The Morgan fingerprint density at radius 2 is 2.11 bits per heavy atom. The van der Waals surface area contributed by atoms with Crippen LogP contribution in [-0.4, -0.2) is 42.2 Å². The van der Waals surface area contributed by atoms with Crippen molar-refractivity contribution in [1.29, 1.82) is 0 Å². The van der Waals surface area contributed by atoms with Crippen molar-refractivity contribution >= 4 is 34.4 Å². The molecule has 1 amide bonds. The lowest BCUT2D eigenvalue weighted by atomic mass is 10.3. The van der Waals surface area contributed by atoms with E-state index in [4.69, 9.17) is 26.5 Å². The smallest absolute Gasteiger partial charge is 0.284 e. The van der Waals surface area contributed by atoms with Crippen molar-refractivity contribution in [3.8, 4) is 0 Å². The van der Waals surface area contributed by atoms with E-state index < -0.39 is 5.91 Å². The first-order chi connectivity index (χ1) is 9.15. The summed E-state index contributed by atoms with van der Waals surface area (Å²) in [6.07, 6.45) is 0. The molecule has 0 aromatic carbocycles. The monoisotopic (exact) mass is 282 g/mol. The molecule has 19 heavy (non-hydrogen) atoms. The molecular weight excluding hydrogens is 272 g/mol. The summed E-state index contributed by atoms with van der Waals surface area (Å²) in [5.41, 5.74) is 6.08. The first kappa shape index (κ1) is 12.2. The third-order valence-corrected chi connectivity index (χ3v) is 3.05. The number of carbonyl (C=O) groups excluding carboxylic acids is 1. The van der Waals surface area contributed by atoms with E-state index in [0.717, 1.165) is 0 Å². The van der Waals surface area contributed by atoms with Crippen molar-refractivity contribution in [2.24, 2.45) is 5.73 Å². The van der Waals surface area contributed by atoms with Gasteiger partial charge in [-0.05, 0) is 11.6 Å². The molecule has 2 aromatic rings. The Hall–Kier alpha value is -1.86. The van der Waals surface area contributed by atoms with Crippen molar-refractivity contribution in [1.82, 2.24) is 9.97 Å². The lowest BCUT2D eigenvalue weighted by Crippen LogP contribution is -2.36. The predicted octanol–water partition coefficient (Wildman–Crippen LogP) is 0.812. The zero-order chi connectivity index (χ0) is 13.4. The molecule has 2 aromatic heterocycles. The van der Waals surface area contributed by atoms with Crippen LogP contribution >= 0.6 is 11.6 Å². The van der Waals surface area contributed by atoms with Crippen LogP contribution in [0, 0.1) is 0 Å². The fourth-order valence-electron chi connectivity index (χ4n) is 2.00. The average Bonchev–Trinajstić information content (AvgIpc) is 2.82. The van der Waals surface area contributed by atoms with E-state index in [1.807, 2.05) is 4.90 Å². The topological polar surface area (TPSA) is 94.5 Å². The lowest BCUT2D eigenvalue weighted by Gasteiger charge is -2.27. The second kappa shape index (κ2) is 4.67. The van der Waals surface area contributed by atoms with Gasteiger partial charge in [-0.15, -0.1) is 0 Å². The van der Waals surface area contributed by atoms with Crippen LogP contribution in [0.4, 0.5) is 5.82 Å². The average molecular weight is 283 g/mol. The van der Waals surface area contributed by atoms with Crippen LogP contribution in [0.25, 0.3) is 11.1 Å². The molecule has 0 unspecified atom stereocenters. The summed E-state index contributed by atoms with van der Waals surface area (Å²) in [7, 11) is 0. The Bertz CT molecular complexity index is 636. The molecule has 3 rings (SSSR count). The van der Waals surface area contributed by atoms with Gasteiger partial charge in [-0.2, -0.15) is 4.98 Å². The lowest BCUT2D eigenvalue weighted by molar-refractivity contribution is 0.0976. The maximum absolute atomic E-state index is 11.2. The van der Waals surface area contributed by atoms with Gasteiger partial charge in [-0.25, -0.2) is 4.98 Å². The van der Waals surface area contributed by atoms with Crippen LogP contribution in [0.1, 0.15) is 10.6 Å². The summed E-state index contributed by atoms with van der Waals surface area (Å²) in [4.78, 5) is 21.3. The number of aromatic nitrogens is 2. The molecule has 1 fully saturated rings. The SMILES string of the molecule is NC(=O)c1cc2nc(Cl)nc(N3CCOCC3)c2o1. The van der Waals surface area contributed by atoms with Crippen molar-refractivity contribution < 1.29 is 13.9 Å². The van der Waals surface area contributed by atoms with Gasteiger partial charge < -0.3 is 19.8 Å². The molecule has 1 aliphatic heterocycles. The summed E-state index contributed by atoms with van der Waals surface area (Å²) in [6, 6.07) is 1.47. The van der Waals surface area contributed by atoms with Crippen LogP contribution in [-0.2, 0) is 4.74 Å². The first-order valence-corrected chi connectivity index (χ1v) is 6.12. The molecule has 0 saturated carbocycles.